The number of rotatable bonds is 2. The molecule has 106 valence electrons. The van der Waals surface area contributed by atoms with Gasteiger partial charge in [-0.15, -0.1) is 5.10 Å². The van der Waals surface area contributed by atoms with Gasteiger partial charge in [0, 0.05) is 29.4 Å². The Morgan fingerprint density at radius 3 is 2.86 bits per heavy atom. The van der Waals surface area contributed by atoms with Crippen LogP contribution in [0.15, 0.2) is 24.4 Å². The number of carboxylic acid groups (broad SMARTS) is 1. The number of amides is 3. The molecule has 2 heterocycles. The van der Waals surface area contributed by atoms with Gasteiger partial charge in [-0.1, -0.05) is 6.07 Å². The van der Waals surface area contributed by atoms with Crippen molar-refractivity contribution in [3.8, 4) is 0 Å². The number of benzene rings is 1. The van der Waals surface area contributed by atoms with Gasteiger partial charge in [0.25, 0.3) is 0 Å². The smallest absolute Gasteiger partial charge is 0.357 e. The standard InChI is InChI=1S/C13H10N4O4/c18-10-3-4-17(13(21)15-10)8-2-1-7-6-14-16-11(12(19)20)9(7)5-8/h1-2,5-6H,3-4H2,(H,19,20)(H,15,18,21). The lowest BCUT2D eigenvalue weighted by Crippen LogP contribution is -2.49. The highest BCUT2D eigenvalue weighted by molar-refractivity contribution is 6.07. The molecule has 2 aromatic rings. The number of hydrogen-bond donors (Lipinski definition) is 2. The van der Waals surface area contributed by atoms with Gasteiger partial charge in [0.15, 0.2) is 5.69 Å². The van der Waals surface area contributed by atoms with Gasteiger partial charge < -0.3 is 5.11 Å². The lowest BCUT2D eigenvalue weighted by molar-refractivity contribution is -0.120. The molecule has 1 aromatic carbocycles. The van der Waals surface area contributed by atoms with Crippen LogP contribution in [0.3, 0.4) is 0 Å². The van der Waals surface area contributed by atoms with Gasteiger partial charge in [-0.2, -0.15) is 5.10 Å². The van der Waals surface area contributed by atoms with Gasteiger partial charge in [-0.3, -0.25) is 15.0 Å². The highest BCUT2D eigenvalue weighted by atomic mass is 16.4. The van der Waals surface area contributed by atoms with Gasteiger partial charge >= 0.3 is 12.0 Å². The maximum Gasteiger partial charge on any atom is 0.357 e. The first-order valence-electron chi connectivity index (χ1n) is 6.16. The number of urea groups is 1. The summed E-state index contributed by atoms with van der Waals surface area (Å²) in [6.45, 7) is 0.247. The van der Waals surface area contributed by atoms with Crippen LogP contribution in [0.2, 0.25) is 0 Å². The molecule has 3 rings (SSSR count). The summed E-state index contributed by atoms with van der Waals surface area (Å²) in [5.41, 5.74) is 0.325. The monoisotopic (exact) mass is 286 g/mol. The molecular formula is C13H10N4O4. The summed E-state index contributed by atoms with van der Waals surface area (Å²) in [6.07, 6.45) is 1.65. The zero-order chi connectivity index (χ0) is 15.0. The van der Waals surface area contributed by atoms with Crippen molar-refractivity contribution in [2.24, 2.45) is 0 Å². The minimum Gasteiger partial charge on any atom is -0.476 e. The second-order valence-corrected chi connectivity index (χ2v) is 4.52. The summed E-state index contributed by atoms with van der Waals surface area (Å²) in [7, 11) is 0. The van der Waals surface area contributed by atoms with Crippen LogP contribution in [-0.4, -0.2) is 39.8 Å². The number of imide groups is 1. The number of carbonyl (C=O) groups excluding carboxylic acids is 2. The molecule has 8 nitrogen and oxygen atoms in total. The average molecular weight is 286 g/mol. The topological polar surface area (TPSA) is 112 Å². The molecule has 1 aromatic heterocycles. The van der Waals surface area contributed by atoms with E-state index in [0.29, 0.717) is 16.5 Å². The second-order valence-electron chi connectivity index (χ2n) is 4.52. The molecule has 21 heavy (non-hydrogen) atoms. The minimum atomic E-state index is -1.19. The number of anilines is 1. The third-order valence-electron chi connectivity index (χ3n) is 3.21. The third-order valence-corrected chi connectivity index (χ3v) is 3.21. The molecule has 0 atom stereocenters. The number of fused-ring (bicyclic) bond motifs is 1. The SMILES string of the molecule is O=C1CCN(c2ccc3cnnc(C(=O)O)c3c2)C(=O)N1. The molecule has 0 radical (unpaired) electrons. The number of aromatic carboxylic acids is 1. The van der Waals surface area contributed by atoms with E-state index in [1.165, 1.54) is 11.1 Å². The van der Waals surface area contributed by atoms with E-state index in [1.54, 1.807) is 18.2 Å². The molecule has 0 aliphatic carbocycles. The van der Waals surface area contributed by atoms with Crippen molar-refractivity contribution in [3.63, 3.8) is 0 Å². The number of carboxylic acids is 1. The maximum atomic E-state index is 11.8. The molecule has 3 amide bonds. The van der Waals surface area contributed by atoms with Gasteiger partial charge in [0.05, 0.1) is 6.20 Å². The Kier molecular flexibility index (Phi) is 2.98. The predicted octanol–water partition coefficient (Wildman–Crippen LogP) is 0.774. The van der Waals surface area contributed by atoms with Crippen molar-refractivity contribution in [1.29, 1.82) is 0 Å². The van der Waals surface area contributed by atoms with Crippen molar-refractivity contribution < 1.29 is 19.5 Å². The van der Waals surface area contributed by atoms with Crippen LogP contribution < -0.4 is 10.2 Å². The fraction of sp³-hybridized carbons (Fsp3) is 0.154. The number of nitrogens with zero attached hydrogens (tertiary/aromatic N) is 3. The quantitative estimate of drug-likeness (QED) is 0.843. The van der Waals surface area contributed by atoms with Crippen molar-refractivity contribution in [1.82, 2.24) is 15.5 Å². The Hall–Kier alpha value is -3.03. The van der Waals surface area contributed by atoms with Crippen molar-refractivity contribution >= 4 is 34.4 Å². The molecule has 1 saturated heterocycles. The van der Waals surface area contributed by atoms with Crippen LogP contribution in [0.1, 0.15) is 16.9 Å². The Morgan fingerprint density at radius 1 is 1.33 bits per heavy atom. The summed E-state index contributed by atoms with van der Waals surface area (Å²) in [5.74, 6) is -1.52. The van der Waals surface area contributed by atoms with E-state index < -0.39 is 12.0 Å². The highest BCUT2D eigenvalue weighted by Gasteiger charge is 2.24. The van der Waals surface area contributed by atoms with Crippen LogP contribution in [0.5, 0.6) is 0 Å². The second kappa shape index (κ2) is 4.82. The summed E-state index contributed by atoms with van der Waals surface area (Å²) in [5, 5.41) is 19.6. The van der Waals surface area contributed by atoms with E-state index >= 15 is 0 Å². The number of aromatic nitrogens is 2. The molecule has 1 aliphatic heterocycles. The zero-order valence-electron chi connectivity index (χ0n) is 10.7. The molecule has 8 heteroatoms. The van der Waals surface area contributed by atoms with Crippen LogP contribution in [-0.2, 0) is 4.79 Å². The van der Waals surface area contributed by atoms with Gasteiger partial charge in [-0.25, -0.2) is 9.59 Å². The summed E-state index contributed by atoms with van der Waals surface area (Å²) in [4.78, 5) is 35.5. The summed E-state index contributed by atoms with van der Waals surface area (Å²) < 4.78 is 0. The lowest BCUT2D eigenvalue weighted by atomic mass is 10.1. The van der Waals surface area contributed by atoms with Crippen LogP contribution in [0.4, 0.5) is 10.5 Å². The molecule has 1 fully saturated rings. The van der Waals surface area contributed by atoms with E-state index in [1.807, 2.05) is 0 Å². The van der Waals surface area contributed by atoms with Crippen molar-refractivity contribution in [2.45, 2.75) is 6.42 Å². The number of hydrogen-bond acceptors (Lipinski definition) is 5. The first-order valence-corrected chi connectivity index (χ1v) is 6.16. The van der Waals surface area contributed by atoms with Gasteiger partial charge in [-0.05, 0) is 12.1 Å². The van der Waals surface area contributed by atoms with Crippen LogP contribution in [0, 0.1) is 0 Å². The number of carbonyl (C=O) groups is 3. The average Bonchev–Trinajstić information content (AvgIpc) is 2.46. The molecule has 2 N–H and O–H groups in total. The normalized spacial score (nSPS) is 15.1. The van der Waals surface area contributed by atoms with Crippen LogP contribution >= 0.6 is 0 Å². The highest BCUT2D eigenvalue weighted by Crippen LogP contribution is 2.24. The predicted molar refractivity (Wildman–Crippen MR) is 72.0 cm³/mol. The molecule has 0 unspecified atom stereocenters. The first-order chi connectivity index (χ1) is 10.1. The Balaban J connectivity index is 2.08. The summed E-state index contributed by atoms with van der Waals surface area (Å²) >= 11 is 0. The van der Waals surface area contributed by atoms with E-state index in [4.69, 9.17) is 5.11 Å². The molecular weight excluding hydrogens is 276 g/mol. The lowest BCUT2D eigenvalue weighted by Gasteiger charge is -2.26. The Bertz CT molecular complexity index is 774. The summed E-state index contributed by atoms with van der Waals surface area (Å²) in [6, 6.07) is 4.37. The molecule has 0 spiro atoms. The van der Waals surface area contributed by atoms with Crippen molar-refractivity contribution in [2.75, 3.05) is 11.4 Å². The molecule has 0 saturated carbocycles. The van der Waals surface area contributed by atoms with E-state index in [9.17, 15) is 14.4 Å². The Labute approximate surface area is 118 Å². The molecule has 1 aliphatic rings. The Morgan fingerprint density at radius 2 is 2.14 bits per heavy atom. The number of nitrogens with one attached hydrogen (secondary N) is 1. The van der Waals surface area contributed by atoms with E-state index in [-0.39, 0.29) is 24.6 Å². The van der Waals surface area contributed by atoms with Crippen molar-refractivity contribution in [3.05, 3.63) is 30.1 Å². The largest absolute Gasteiger partial charge is 0.476 e. The third kappa shape index (κ3) is 2.27. The molecule has 0 bridgehead atoms. The van der Waals surface area contributed by atoms with E-state index in [0.717, 1.165) is 0 Å². The van der Waals surface area contributed by atoms with Crippen LogP contribution in [0.25, 0.3) is 10.8 Å². The van der Waals surface area contributed by atoms with Gasteiger partial charge in [0.2, 0.25) is 5.91 Å². The first kappa shape index (κ1) is 13.0. The van der Waals surface area contributed by atoms with E-state index in [2.05, 4.69) is 15.5 Å². The zero-order valence-corrected chi connectivity index (χ0v) is 10.7. The van der Waals surface area contributed by atoms with Gasteiger partial charge in [0.1, 0.15) is 0 Å². The minimum absolute atomic E-state index is 0.178. The maximum absolute atomic E-state index is 11.8. The fourth-order valence-corrected chi connectivity index (χ4v) is 2.20. The fourth-order valence-electron chi connectivity index (χ4n) is 2.20.